The Morgan fingerprint density at radius 1 is 1.24 bits per heavy atom. The summed E-state index contributed by atoms with van der Waals surface area (Å²) in [6, 6.07) is 10.8. The third-order valence-corrected chi connectivity index (χ3v) is 4.43. The number of hydrogen-bond acceptors (Lipinski definition) is 3. The fourth-order valence-corrected chi connectivity index (χ4v) is 3.16. The fraction of sp³-hybridized carbons (Fsp3) is 0.286. The van der Waals surface area contributed by atoms with Gasteiger partial charge in [0.1, 0.15) is 0 Å². The summed E-state index contributed by atoms with van der Waals surface area (Å²) >= 11 is 3.61. The molecular formula is C14H17NS2. The van der Waals surface area contributed by atoms with Crippen LogP contribution in [0.5, 0.6) is 0 Å². The normalized spacial score (nSPS) is 12.6. The summed E-state index contributed by atoms with van der Waals surface area (Å²) in [5, 5.41) is 2.15. The van der Waals surface area contributed by atoms with Crippen LogP contribution >= 0.6 is 23.1 Å². The molecular weight excluding hydrogens is 246 g/mol. The van der Waals surface area contributed by atoms with Gasteiger partial charge in [0, 0.05) is 9.77 Å². The first-order chi connectivity index (χ1) is 8.20. The van der Waals surface area contributed by atoms with Crippen LogP contribution < -0.4 is 5.73 Å². The van der Waals surface area contributed by atoms with Gasteiger partial charge in [0.2, 0.25) is 0 Å². The van der Waals surface area contributed by atoms with Crippen LogP contribution in [0.3, 0.4) is 0 Å². The van der Waals surface area contributed by atoms with Crippen LogP contribution in [0.2, 0.25) is 0 Å². The van der Waals surface area contributed by atoms with Gasteiger partial charge in [0.25, 0.3) is 0 Å². The monoisotopic (exact) mass is 263 g/mol. The van der Waals surface area contributed by atoms with Crippen LogP contribution in [-0.2, 0) is 0 Å². The summed E-state index contributed by atoms with van der Waals surface area (Å²) in [4.78, 5) is 2.62. The lowest BCUT2D eigenvalue weighted by Gasteiger charge is -2.11. The molecule has 0 aliphatic carbocycles. The van der Waals surface area contributed by atoms with E-state index >= 15 is 0 Å². The molecule has 17 heavy (non-hydrogen) atoms. The minimum Gasteiger partial charge on any atom is -0.320 e. The first-order valence-corrected chi connectivity index (χ1v) is 7.60. The second kappa shape index (κ2) is 5.71. The summed E-state index contributed by atoms with van der Waals surface area (Å²) in [5.41, 5.74) is 8.65. The molecule has 0 fully saturated rings. The number of thioether (sulfide) groups is 1. The molecule has 1 aromatic carbocycles. The lowest BCUT2D eigenvalue weighted by Crippen LogP contribution is -2.10. The highest BCUT2D eigenvalue weighted by Crippen LogP contribution is 2.26. The zero-order valence-electron chi connectivity index (χ0n) is 10.1. The van der Waals surface area contributed by atoms with Crippen LogP contribution in [0.15, 0.2) is 40.6 Å². The molecule has 1 nitrogen and oxygen atoms in total. The standard InChI is InChI=1S/C14H17NS2/c1-3-16-13-6-4-11(5-7-13)14(15)12-8-10(2)17-9-12/h4-9,14H,3,15H2,1-2H3. The zero-order valence-corrected chi connectivity index (χ0v) is 11.8. The maximum absolute atomic E-state index is 6.25. The minimum atomic E-state index is 0.000580. The molecule has 0 saturated heterocycles. The van der Waals surface area contributed by atoms with Crippen molar-refractivity contribution in [3.05, 3.63) is 51.7 Å². The van der Waals surface area contributed by atoms with Crippen molar-refractivity contribution in [3.8, 4) is 0 Å². The number of thiophene rings is 1. The second-order valence-electron chi connectivity index (χ2n) is 3.97. The van der Waals surface area contributed by atoms with Gasteiger partial charge in [0.05, 0.1) is 6.04 Å². The van der Waals surface area contributed by atoms with E-state index in [-0.39, 0.29) is 6.04 Å². The number of aryl methyl sites for hydroxylation is 1. The van der Waals surface area contributed by atoms with Gasteiger partial charge >= 0.3 is 0 Å². The zero-order chi connectivity index (χ0) is 12.3. The van der Waals surface area contributed by atoms with E-state index in [0.717, 1.165) is 5.75 Å². The fourth-order valence-electron chi connectivity index (χ4n) is 1.76. The molecule has 0 amide bonds. The molecule has 1 unspecified atom stereocenters. The summed E-state index contributed by atoms with van der Waals surface area (Å²) in [6.07, 6.45) is 0. The maximum atomic E-state index is 6.25. The number of rotatable bonds is 4. The molecule has 0 spiro atoms. The van der Waals surface area contributed by atoms with Crippen molar-refractivity contribution in [2.24, 2.45) is 5.73 Å². The molecule has 0 bridgehead atoms. The molecule has 2 rings (SSSR count). The van der Waals surface area contributed by atoms with Gasteiger partial charge in [0.15, 0.2) is 0 Å². The Morgan fingerprint density at radius 2 is 1.94 bits per heavy atom. The Morgan fingerprint density at radius 3 is 2.47 bits per heavy atom. The van der Waals surface area contributed by atoms with Crippen molar-refractivity contribution in [2.75, 3.05) is 5.75 Å². The molecule has 0 radical (unpaired) electrons. The number of hydrogen-bond donors (Lipinski definition) is 1. The highest BCUT2D eigenvalue weighted by molar-refractivity contribution is 7.99. The Kier molecular flexibility index (Phi) is 4.26. The van der Waals surface area contributed by atoms with Crippen LogP contribution in [0, 0.1) is 6.92 Å². The summed E-state index contributed by atoms with van der Waals surface area (Å²) < 4.78 is 0. The predicted molar refractivity (Wildman–Crippen MR) is 77.9 cm³/mol. The summed E-state index contributed by atoms with van der Waals surface area (Å²) in [5.74, 6) is 1.11. The number of nitrogens with two attached hydrogens (primary N) is 1. The van der Waals surface area contributed by atoms with Gasteiger partial charge in [-0.05, 0) is 47.4 Å². The van der Waals surface area contributed by atoms with Crippen molar-refractivity contribution in [1.82, 2.24) is 0 Å². The third kappa shape index (κ3) is 3.12. The van der Waals surface area contributed by atoms with Crippen LogP contribution in [0.25, 0.3) is 0 Å². The van der Waals surface area contributed by atoms with Crippen LogP contribution in [-0.4, -0.2) is 5.75 Å². The van der Waals surface area contributed by atoms with E-state index in [0.29, 0.717) is 0 Å². The van der Waals surface area contributed by atoms with E-state index < -0.39 is 0 Å². The minimum absolute atomic E-state index is 0.000580. The molecule has 2 aromatic rings. The smallest absolute Gasteiger partial charge is 0.0559 e. The predicted octanol–water partition coefficient (Wildman–Crippen LogP) is 4.22. The quantitative estimate of drug-likeness (QED) is 0.836. The molecule has 1 heterocycles. The summed E-state index contributed by atoms with van der Waals surface area (Å²) in [7, 11) is 0. The van der Waals surface area contributed by atoms with Crippen LogP contribution in [0.1, 0.15) is 29.0 Å². The van der Waals surface area contributed by atoms with E-state index in [2.05, 4.69) is 49.6 Å². The molecule has 0 aliphatic heterocycles. The second-order valence-corrected chi connectivity index (χ2v) is 6.42. The van der Waals surface area contributed by atoms with Crippen molar-refractivity contribution < 1.29 is 0 Å². The molecule has 3 heteroatoms. The van der Waals surface area contributed by atoms with Crippen molar-refractivity contribution in [3.63, 3.8) is 0 Å². The molecule has 0 aliphatic rings. The Labute approximate surface area is 111 Å². The van der Waals surface area contributed by atoms with Gasteiger partial charge in [-0.1, -0.05) is 19.1 Å². The third-order valence-electron chi connectivity index (χ3n) is 2.66. The van der Waals surface area contributed by atoms with Crippen LogP contribution in [0.4, 0.5) is 0 Å². The van der Waals surface area contributed by atoms with E-state index in [1.54, 1.807) is 11.3 Å². The van der Waals surface area contributed by atoms with E-state index in [1.165, 1.54) is 20.9 Å². The first-order valence-electron chi connectivity index (χ1n) is 5.74. The lowest BCUT2D eigenvalue weighted by molar-refractivity contribution is 0.874. The Hall–Kier alpha value is -0.770. The lowest BCUT2D eigenvalue weighted by atomic mass is 10.0. The van der Waals surface area contributed by atoms with Gasteiger partial charge < -0.3 is 5.73 Å². The van der Waals surface area contributed by atoms with Gasteiger partial charge in [-0.2, -0.15) is 0 Å². The maximum Gasteiger partial charge on any atom is 0.0559 e. The SMILES string of the molecule is CCSc1ccc(C(N)c2csc(C)c2)cc1. The average Bonchev–Trinajstić information content (AvgIpc) is 2.76. The van der Waals surface area contributed by atoms with Crippen molar-refractivity contribution >= 4 is 23.1 Å². The van der Waals surface area contributed by atoms with E-state index in [4.69, 9.17) is 5.73 Å². The van der Waals surface area contributed by atoms with E-state index in [1.807, 2.05) is 11.8 Å². The molecule has 0 saturated carbocycles. The highest BCUT2D eigenvalue weighted by Gasteiger charge is 2.09. The summed E-state index contributed by atoms with van der Waals surface area (Å²) in [6.45, 7) is 4.28. The molecule has 90 valence electrons. The molecule has 1 aromatic heterocycles. The first kappa shape index (κ1) is 12.7. The molecule has 1 atom stereocenters. The Balaban J connectivity index is 2.16. The highest BCUT2D eigenvalue weighted by atomic mass is 32.2. The number of benzene rings is 1. The molecule has 2 N–H and O–H groups in total. The van der Waals surface area contributed by atoms with Gasteiger partial charge in [-0.15, -0.1) is 23.1 Å². The largest absolute Gasteiger partial charge is 0.320 e. The Bertz CT molecular complexity index is 473. The van der Waals surface area contributed by atoms with E-state index in [9.17, 15) is 0 Å². The van der Waals surface area contributed by atoms with Gasteiger partial charge in [-0.3, -0.25) is 0 Å². The average molecular weight is 263 g/mol. The van der Waals surface area contributed by atoms with Crippen molar-refractivity contribution in [2.45, 2.75) is 24.8 Å². The topological polar surface area (TPSA) is 26.0 Å². The van der Waals surface area contributed by atoms with Gasteiger partial charge in [-0.25, -0.2) is 0 Å². The van der Waals surface area contributed by atoms with Crippen molar-refractivity contribution in [1.29, 1.82) is 0 Å².